The zero-order valence-corrected chi connectivity index (χ0v) is 13.4. The molecule has 2 aromatic rings. The number of hydrogen-bond acceptors (Lipinski definition) is 3. The molecule has 0 aliphatic rings. The first kappa shape index (κ1) is 17.9. The van der Waals surface area contributed by atoms with Crippen molar-refractivity contribution in [3.05, 3.63) is 64.9 Å². The molecular weight excluding hydrogens is 335 g/mol. The normalized spacial score (nSPS) is 11.6. The minimum absolute atomic E-state index is 0.131. The number of halogens is 2. The summed E-state index contributed by atoms with van der Waals surface area (Å²) < 4.78 is 13.0. The molecule has 1 atom stereocenters. The molecule has 0 bridgehead atoms. The van der Waals surface area contributed by atoms with Gasteiger partial charge in [0.2, 0.25) is 0 Å². The van der Waals surface area contributed by atoms with E-state index in [1.807, 2.05) is 6.07 Å². The number of aliphatic hydroxyl groups is 1. The van der Waals surface area contributed by atoms with Crippen molar-refractivity contribution < 1.29 is 19.1 Å². The number of hydrogen-bond donors (Lipinski definition) is 3. The van der Waals surface area contributed by atoms with Crippen LogP contribution in [0.25, 0.3) is 0 Å². The van der Waals surface area contributed by atoms with Crippen LogP contribution in [0.2, 0.25) is 5.02 Å². The lowest BCUT2D eigenvalue weighted by molar-refractivity contribution is -0.136. The second-order valence-corrected chi connectivity index (χ2v) is 5.46. The Bertz CT molecular complexity index is 725. The maximum atomic E-state index is 13.0. The standard InChI is InChI=1S/C17H16ClFN2O3/c18-13-10-12(6-7-14(13)19)21-17(24)16(23)20-9-8-15(22)11-4-2-1-3-5-11/h1-7,10,15,22H,8-9H2,(H,20,23)(H,21,24)/t15-/m0/s1. The van der Waals surface area contributed by atoms with Crippen LogP contribution in [-0.4, -0.2) is 23.5 Å². The summed E-state index contributed by atoms with van der Waals surface area (Å²) in [7, 11) is 0. The second kappa shape index (κ2) is 8.42. The van der Waals surface area contributed by atoms with Crippen molar-refractivity contribution in [3.8, 4) is 0 Å². The van der Waals surface area contributed by atoms with Gasteiger partial charge in [-0.3, -0.25) is 9.59 Å². The van der Waals surface area contributed by atoms with Gasteiger partial charge in [-0.25, -0.2) is 4.39 Å². The molecule has 0 aliphatic heterocycles. The summed E-state index contributed by atoms with van der Waals surface area (Å²) in [4.78, 5) is 23.4. The summed E-state index contributed by atoms with van der Waals surface area (Å²) in [6.07, 6.45) is -0.462. The minimum atomic E-state index is -0.896. The molecule has 5 nitrogen and oxygen atoms in total. The molecule has 0 spiro atoms. The van der Waals surface area contributed by atoms with Gasteiger partial charge >= 0.3 is 11.8 Å². The van der Waals surface area contributed by atoms with Crippen molar-refractivity contribution >= 4 is 29.1 Å². The molecule has 0 aromatic heterocycles. The molecule has 0 saturated heterocycles. The highest BCUT2D eigenvalue weighted by atomic mass is 35.5. The monoisotopic (exact) mass is 350 g/mol. The number of aliphatic hydroxyl groups excluding tert-OH is 1. The average molecular weight is 351 g/mol. The second-order valence-electron chi connectivity index (χ2n) is 5.05. The van der Waals surface area contributed by atoms with Crippen LogP contribution in [0.15, 0.2) is 48.5 Å². The van der Waals surface area contributed by atoms with Crippen LogP contribution in [0.5, 0.6) is 0 Å². The molecule has 126 valence electrons. The Morgan fingerprint density at radius 3 is 2.50 bits per heavy atom. The molecule has 24 heavy (non-hydrogen) atoms. The van der Waals surface area contributed by atoms with Crippen molar-refractivity contribution in [1.29, 1.82) is 0 Å². The minimum Gasteiger partial charge on any atom is -0.388 e. The van der Waals surface area contributed by atoms with Crippen LogP contribution < -0.4 is 10.6 Å². The molecule has 2 rings (SSSR count). The van der Waals surface area contributed by atoms with E-state index < -0.39 is 23.7 Å². The highest BCUT2D eigenvalue weighted by Crippen LogP contribution is 2.19. The van der Waals surface area contributed by atoms with E-state index in [4.69, 9.17) is 11.6 Å². The van der Waals surface area contributed by atoms with Crippen molar-refractivity contribution in [3.63, 3.8) is 0 Å². The summed E-state index contributed by atoms with van der Waals surface area (Å²) in [6, 6.07) is 12.6. The van der Waals surface area contributed by atoms with Gasteiger partial charge in [0, 0.05) is 12.2 Å². The fourth-order valence-corrected chi connectivity index (χ4v) is 2.19. The third-order valence-electron chi connectivity index (χ3n) is 3.27. The lowest BCUT2D eigenvalue weighted by Crippen LogP contribution is -2.36. The highest BCUT2D eigenvalue weighted by molar-refractivity contribution is 6.39. The maximum Gasteiger partial charge on any atom is 0.313 e. The Hall–Kier alpha value is -2.44. The Morgan fingerprint density at radius 1 is 1.12 bits per heavy atom. The van der Waals surface area contributed by atoms with Crippen LogP contribution in [-0.2, 0) is 9.59 Å². The number of carbonyl (C=O) groups excluding carboxylic acids is 2. The van der Waals surface area contributed by atoms with Gasteiger partial charge in [0.15, 0.2) is 0 Å². The smallest absolute Gasteiger partial charge is 0.313 e. The Kier molecular flexibility index (Phi) is 6.28. The molecule has 0 radical (unpaired) electrons. The zero-order chi connectivity index (χ0) is 17.5. The van der Waals surface area contributed by atoms with Crippen LogP contribution in [0.4, 0.5) is 10.1 Å². The fraction of sp³-hybridized carbons (Fsp3) is 0.176. The van der Waals surface area contributed by atoms with E-state index in [1.165, 1.54) is 12.1 Å². The summed E-state index contributed by atoms with van der Waals surface area (Å²) >= 11 is 5.60. The Balaban J connectivity index is 1.79. The molecule has 3 N–H and O–H groups in total. The number of amides is 2. The first-order chi connectivity index (χ1) is 11.5. The van der Waals surface area contributed by atoms with Crippen LogP contribution in [0.3, 0.4) is 0 Å². The first-order valence-electron chi connectivity index (χ1n) is 7.24. The quantitative estimate of drug-likeness (QED) is 0.725. The van der Waals surface area contributed by atoms with Gasteiger partial charge in [0.05, 0.1) is 11.1 Å². The van der Waals surface area contributed by atoms with E-state index in [-0.39, 0.29) is 23.7 Å². The van der Waals surface area contributed by atoms with E-state index in [0.29, 0.717) is 0 Å². The van der Waals surface area contributed by atoms with Gasteiger partial charge in [-0.05, 0) is 30.2 Å². The van der Waals surface area contributed by atoms with E-state index in [1.54, 1.807) is 24.3 Å². The lowest BCUT2D eigenvalue weighted by atomic mass is 10.1. The summed E-state index contributed by atoms with van der Waals surface area (Å²) in [5, 5.41) is 14.5. The molecule has 2 amide bonds. The number of nitrogens with one attached hydrogen (secondary N) is 2. The fourth-order valence-electron chi connectivity index (χ4n) is 2.01. The van der Waals surface area contributed by atoms with Gasteiger partial charge in [-0.2, -0.15) is 0 Å². The lowest BCUT2D eigenvalue weighted by Gasteiger charge is -2.11. The molecule has 2 aromatic carbocycles. The molecule has 0 fully saturated rings. The van der Waals surface area contributed by atoms with E-state index in [9.17, 15) is 19.1 Å². The van der Waals surface area contributed by atoms with Crippen molar-refractivity contribution in [2.24, 2.45) is 0 Å². The molecule has 0 heterocycles. The predicted octanol–water partition coefficient (Wildman–Crippen LogP) is 2.66. The largest absolute Gasteiger partial charge is 0.388 e. The maximum absolute atomic E-state index is 13.0. The van der Waals surface area contributed by atoms with E-state index in [2.05, 4.69) is 10.6 Å². The molecule has 0 aliphatic carbocycles. The number of rotatable bonds is 5. The summed E-state index contributed by atoms with van der Waals surface area (Å²) in [5.41, 5.74) is 0.947. The third kappa shape index (κ3) is 5.04. The number of anilines is 1. The Morgan fingerprint density at radius 2 is 1.83 bits per heavy atom. The molecular formula is C17H16ClFN2O3. The van der Waals surface area contributed by atoms with E-state index in [0.717, 1.165) is 11.6 Å². The van der Waals surface area contributed by atoms with Crippen molar-refractivity contribution in [2.45, 2.75) is 12.5 Å². The van der Waals surface area contributed by atoms with Crippen LogP contribution >= 0.6 is 11.6 Å². The topological polar surface area (TPSA) is 78.4 Å². The van der Waals surface area contributed by atoms with Crippen LogP contribution in [0, 0.1) is 5.82 Å². The van der Waals surface area contributed by atoms with E-state index >= 15 is 0 Å². The zero-order valence-electron chi connectivity index (χ0n) is 12.6. The van der Waals surface area contributed by atoms with Gasteiger partial charge in [-0.15, -0.1) is 0 Å². The molecule has 7 heteroatoms. The molecule has 0 saturated carbocycles. The van der Waals surface area contributed by atoms with Crippen LogP contribution in [0.1, 0.15) is 18.1 Å². The third-order valence-corrected chi connectivity index (χ3v) is 3.56. The van der Waals surface area contributed by atoms with Gasteiger partial charge in [0.1, 0.15) is 5.82 Å². The number of benzene rings is 2. The first-order valence-corrected chi connectivity index (χ1v) is 7.62. The van der Waals surface area contributed by atoms with Gasteiger partial charge < -0.3 is 15.7 Å². The predicted molar refractivity (Wildman–Crippen MR) is 89.1 cm³/mol. The Labute approximate surface area is 143 Å². The van der Waals surface area contributed by atoms with Crippen molar-refractivity contribution in [2.75, 3.05) is 11.9 Å². The molecule has 0 unspecified atom stereocenters. The van der Waals surface area contributed by atoms with Gasteiger partial charge in [-0.1, -0.05) is 41.9 Å². The number of carbonyl (C=O) groups is 2. The average Bonchev–Trinajstić information content (AvgIpc) is 2.58. The summed E-state index contributed by atoms with van der Waals surface area (Å²) in [5.74, 6) is -2.36. The van der Waals surface area contributed by atoms with Gasteiger partial charge in [0.25, 0.3) is 0 Å². The summed E-state index contributed by atoms with van der Waals surface area (Å²) in [6.45, 7) is 0.131. The van der Waals surface area contributed by atoms with Crippen molar-refractivity contribution in [1.82, 2.24) is 5.32 Å². The SMILES string of the molecule is O=C(NCC[C@H](O)c1ccccc1)C(=O)Nc1ccc(F)c(Cl)c1. The highest BCUT2D eigenvalue weighted by Gasteiger charge is 2.15.